The van der Waals surface area contributed by atoms with Crippen LogP contribution in [0.4, 0.5) is 4.39 Å². The zero-order chi connectivity index (χ0) is 16.1. The van der Waals surface area contributed by atoms with E-state index in [0.717, 1.165) is 24.8 Å². The summed E-state index contributed by atoms with van der Waals surface area (Å²) in [5.41, 5.74) is 0.908. The summed E-state index contributed by atoms with van der Waals surface area (Å²) in [6.45, 7) is 0.164. The number of halogens is 1. The number of rotatable bonds is 6. The van der Waals surface area contributed by atoms with Gasteiger partial charge in [-0.15, -0.1) is 0 Å². The Kier molecular flexibility index (Phi) is 4.60. The lowest BCUT2D eigenvalue weighted by Crippen LogP contribution is -2.51. The average Bonchev–Trinajstić information content (AvgIpc) is 2.54. The van der Waals surface area contributed by atoms with Crippen molar-refractivity contribution in [3.8, 4) is 5.75 Å². The number of carbonyl (C=O) groups excluding carboxylic acids is 1. The molecule has 3 rings (SSSR count). The number of hydrogen-bond donors (Lipinski definition) is 1. The van der Waals surface area contributed by atoms with Crippen LogP contribution in [0.2, 0.25) is 0 Å². The van der Waals surface area contributed by atoms with Crippen LogP contribution in [0, 0.1) is 5.82 Å². The highest BCUT2D eigenvalue weighted by atomic mass is 19.1. The van der Waals surface area contributed by atoms with E-state index in [0.29, 0.717) is 0 Å². The van der Waals surface area contributed by atoms with Crippen molar-refractivity contribution in [2.45, 2.75) is 31.2 Å². The van der Waals surface area contributed by atoms with Crippen LogP contribution in [0.1, 0.15) is 31.2 Å². The third kappa shape index (κ3) is 3.52. The van der Waals surface area contributed by atoms with Crippen molar-refractivity contribution >= 4 is 5.91 Å². The molecule has 0 bridgehead atoms. The van der Waals surface area contributed by atoms with Gasteiger partial charge in [0, 0.05) is 0 Å². The molecule has 0 aromatic heterocycles. The van der Waals surface area contributed by atoms with Crippen molar-refractivity contribution in [3.05, 3.63) is 66.0 Å². The summed E-state index contributed by atoms with van der Waals surface area (Å²) in [6, 6.07) is 16.3. The highest BCUT2D eigenvalue weighted by Gasteiger charge is 2.39. The molecule has 3 nitrogen and oxygen atoms in total. The molecule has 0 spiro atoms. The lowest BCUT2D eigenvalue weighted by atomic mass is 9.71. The fourth-order valence-electron chi connectivity index (χ4n) is 2.92. The van der Waals surface area contributed by atoms with Gasteiger partial charge in [0.1, 0.15) is 0 Å². The summed E-state index contributed by atoms with van der Waals surface area (Å²) >= 11 is 0. The molecule has 1 saturated carbocycles. The van der Waals surface area contributed by atoms with E-state index < -0.39 is 5.82 Å². The van der Waals surface area contributed by atoms with Crippen LogP contribution in [0.15, 0.2) is 54.6 Å². The molecule has 0 saturated heterocycles. The smallest absolute Gasteiger partial charge is 0.224 e. The van der Waals surface area contributed by atoms with Crippen LogP contribution in [0.5, 0.6) is 5.75 Å². The molecule has 1 aliphatic rings. The first-order valence-corrected chi connectivity index (χ1v) is 7.93. The Labute approximate surface area is 135 Å². The Bertz CT molecular complexity index is 668. The number of hydrogen-bond acceptors (Lipinski definition) is 2. The molecular formula is C19H20FNO2. The Hall–Kier alpha value is -2.36. The van der Waals surface area contributed by atoms with Crippen molar-refractivity contribution in [3.63, 3.8) is 0 Å². The van der Waals surface area contributed by atoms with E-state index in [1.807, 2.05) is 18.2 Å². The predicted octanol–water partition coefficient (Wildman–Crippen LogP) is 3.79. The topological polar surface area (TPSA) is 38.3 Å². The Morgan fingerprint density at radius 2 is 1.78 bits per heavy atom. The van der Waals surface area contributed by atoms with Gasteiger partial charge in [0.25, 0.3) is 0 Å². The summed E-state index contributed by atoms with van der Waals surface area (Å²) in [5.74, 6) is -0.292. The first-order chi connectivity index (χ1) is 11.2. The van der Waals surface area contributed by atoms with Gasteiger partial charge < -0.3 is 10.1 Å². The van der Waals surface area contributed by atoms with E-state index in [1.54, 1.807) is 18.2 Å². The summed E-state index contributed by atoms with van der Waals surface area (Å²) in [6.07, 6.45) is 3.23. The van der Waals surface area contributed by atoms with E-state index in [1.165, 1.54) is 6.07 Å². The molecule has 1 amide bonds. The molecule has 0 atom stereocenters. The largest absolute Gasteiger partial charge is 0.490 e. The molecule has 0 unspecified atom stereocenters. The van der Waals surface area contributed by atoms with Gasteiger partial charge >= 0.3 is 0 Å². The van der Waals surface area contributed by atoms with Crippen LogP contribution >= 0.6 is 0 Å². The van der Waals surface area contributed by atoms with Crippen LogP contribution in [0.3, 0.4) is 0 Å². The van der Waals surface area contributed by atoms with Gasteiger partial charge in [0.2, 0.25) is 5.91 Å². The fourth-order valence-corrected chi connectivity index (χ4v) is 2.92. The summed E-state index contributed by atoms with van der Waals surface area (Å²) in [5, 5.41) is 3.13. The van der Waals surface area contributed by atoms with Crippen molar-refractivity contribution < 1.29 is 13.9 Å². The summed E-state index contributed by atoms with van der Waals surface area (Å²) < 4.78 is 18.8. The Morgan fingerprint density at radius 1 is 1.09 bits per heavy atom. The van der Waals surface area contributed by atoms with Gasteiger partial charge in [0.15, 0.2) is 11.6 Å². The molecule has 0 radical (unpaired) electrons. The first-order valence-electron chi connectivity index (χ1n) is 7.93. The van der Waals surface area contributed by atoms with Crippen molar-refractivity contribution in [2.75, 3.05) is 6.61 Å². The molecule has 0 aliphatic heterocycles. The maximum Gasteiger partial charge on any atom is 0.224 e. The van der Waals surface area contributed by atoms with Crippen LogP contribution in [-0.4, -0.2) is 12.5 Å². The molecule has 2 aromatic rings. The molecule has 1 aliphatic carbocycles. The zero-order valence-electron chi connectivity index (χ0n) is 12.9. The predicted molar refractivity (Wildman–Crippen MR) is 86.6 cm³/mol. The van der Waals surface area contributed by atoms with E-state index in [2.05, 4.69) is 17.4 Å². The van der Waals surface area contributed by atoms with Crippen molar-refractivity contribution in [1.29, 1.82) is 0 Å². The van der Waals surface area contributed by atoms with Gasteiger partial charge in [-0.1, -0.05) is 42.5 Å². The van der Waals surface area contributed by atoms with E-state index in [4.69, 9.17) is 4.74 Å². The second-order valence-corrected chi connectivity index (χ2v) is 5.88. The number of nitrogens with one attached hydrogen (secondary N) is 1. The highest BCUT2D eigenvalue weighted by Crippen LogP contribution is 2.41. The monoisotopic (exact) mass is 313 g/mol. The van der Waals surface area contributed by atoms with Crippen LogP contribution < -0.4 is 10.1 Å². The summed E-state index contributed by atoms with van der Waals surface area (Å²) in [7, 11) is 0. The summed E-state index contributed by atoms with van der Waals surface area (Å²) in [4.78, 5) is 12.2. The van der Waals surface area contributed by atoms with E-state index >= 15 is 0 Å². The fraction of sp³-hybridized carbons (Fsp3) is 0.316. The van der Waals surface area contributed by atoms with Crippen molar-refractivity contribution in [1.82, 2.24) is 5.32 Å². The molecule has 0 heterocycles. The second kappa shape index (κ2) is 6.82. The average molecular weight is 313 g/mol. The molecule has 120 valence electrons. The van der Waals surface area contributed by atoms with Gasteiger partial charge in [-0.25, -0.2) is 4.39 Å². The second-order valence-electron chi connectivity index (χ2n) is 5.88. The number of para-hydroxylation sites is 1. The molecule has 2 aromatic carbocycles. The maximum atomic E-state index is 13.4. The minimum absolute atomic E-state index is 0.0649. The third-order valence-corrected chi connectivity index (χ3v) is 4.34. The van der Waals surface area contributed by atoms with Gasteiger partial charge in [-0.05, 0) is 37.0 Å². The quantitative estimate of drug-likeness (QED) is 0.881. The lowest BCUT2D eigenvalue weighted by Gasteiger charge is -2.43. The minimum atomic E-state index is -0.410. The number of benzene rings is 2. The third-order valence-electron chi connectivity index (χ3n) is 4.34. The molecular weight excluding hydrogens is 293 g/mol. The number of carbonyl (C=O) groups is 1. The maximum absolute atomic E-state index is 13.4. The zero-order valence-corrected chi connectivity index (χ0v) is 12.9. The standard InChI is InChI=1S/C19H20FNO2/c20-16-9-4-5-10-17(16)23-14-11-18(22)21-19(12-6-13-19)15-7-2-1-3-8-15/h1-5,7-10H,6,11-14H2,(H,21,22). The van der Waals surface area contributed by atoms with Gasteiger partial charge in [0.05, 0.1) is 18.6 Å². The normalized spacial score (nSPS) is 15.5. The van der Waals surface area contributed by atoms with Crippen molar-refractivity contribution in [2.24, 2.45) is 0 Å². The van der Waals surface area contributed by atoms with Gasteiger partial charge in [-0.2, -0.15) is 0 Å². The Morgan fingerprint density at radius 3 is 2.43 bits per heavy atom. The van der Waals surface area contributed by atoms with Crippen LogP contribution in [-0.2, 0) is 10.3 Å². The van der Waals surface area contributed by atoms with Crippen LogP contribution in [0.25, 0.3) is 0 Å². The SMILES string of the molecule is O=C(CCOc1ccccc1F)NC1(c2ccccc2)CCC1. The minimum Gasteiger partial charge on any atom is -0.490 e. The molecule has 23 heavy (non-hydrogen) atoms. The molecule has 4 heteroatoms. The van der Waals surface area contributed by atoms with E-state index in [9.17, 15) is 9.18 Å². The Balaban J connectivity index is 1.54. The van der Waals surface area contributed by atoms with E-state index in [-0.39, 0.29) is 30.2 Å². The number of amides is 1. The lowest BCUT2D eigenvalue weighted by molar-refractivity contribution is -0.124. The highest BCUT2D eigenvalue weighted by molar-refractivity contribution is 5.77. The molecule has 1 fully saturated rings. The number of ether oxygens (including phenoxy) is 1. The molecule has 1 N–H and O–H groups in total. The first kappa shape index (κ1) is 15.5. The van der Waals surface area contributed by atoms with Gasteiger partial charge in [-0.3, -0.25) is 4.79 Å².